The first kappa shape index (κ1) is 20.6. The van der Waals surface area contributed by atoms with Crippen LogP contribution in [-0.4, -0.2) is 16.8 Å². The maximum atomic E-state index is 13.2. The summed E-state index contributed by atoms with van der Waals surface area (Å²) in [5.74, 6) is -1.46. The fraction of sp³-hybridized carbons (Fsp3) is 0.185. The Hall–Kier alpha value is -3.66. The minimum atomic E-state index is -0.699. The summed E-state index contributed by atoms with van der Waals surface area (Å²) in [5.41, 5.74) is 5.28. The average Bonchev–Trinajstić information content (AvgIpc) is 3.06. The van der Waals surface area contributed by atoms with E-state index in [4.69, 9.17) is 0 Å². The molecular formula is C27H25NO3. The van der Waals surface area contributed by atoms with Gasteiger partial charge in [-0.25, -0.2) is 0 Å². The molecule has 0 saturated carbocycles. The minimum absolute atomic E-state index is 0.110. The van der Waals surface area contributed by atoms with Crippen LogP contribution in [-0.2, 0) is 16.0 Å². The van der Waals surface area contributed by atoms with E-state index in [2.05, 4.69) is 6.92 Å². The average molecular weight is 412 g/mol. The Morgan fingerprint density at radius 3 is 2.19 bits per heavy atom. The van der Waals surface area contributed by atoms with Gasteiger partial charge in [-0.3, -0.25) is 14.5 Å². The van der Waals surface area contributed by atoms with E-state index in [1.165, 1.54) is 4.90 Å². The van der Waals surface area contributed by atoms with Crippen molar-refractivity contribution in [2.24, 2.45) is 0 Å². The van der Waals surface area contributed by atoms with Crippen molar-refractivity contribution < 1.29 is 14.7 Å². The van der Waals surface area contributed by atoms with Crippen LogP contribution in [0.3, 0.4) is 0 Å². The number of amides is 1. The van der Waals surface area contributed by atoms with Gasteiger partial charge in [0.15, 0.2) is 0 Å². The third kappa shape index (κ3) is 3.66. The molecule has 1 saturated heterocycles. The number of ketones is 1. The lowest BCUT2D eigenvalue weighted by molar-refractivity contribution is -0.132. The lowest BCUT2D eigenvalue weighted by Gasteiger charge is -2.25. The first-order valence-corrected chi connectivity index (χ1v) is 10.4. The van der Waals surface area contributed by atoms with Gasteiger partial charge in [-0.2, -0.15) is 0 Å². The number of aliphatic hydroxyl groups excluding tert-OH is 1. The van der Waals surface area contributed by atoms with E-state index in [1.807, 2.05) is 80.6 Å². The van der Waals surface area contributed by atoms with E-state index >= 15 is 0 Å². The topological polar surface area (TPSA) is 57.6 Å². The van der Waals surface area contributed by atoms with Crippen molar-refractivity contribution in [1.29, 1.82) is 0 Å². The molecule has 1 amide bonds. The van der Waals surface area contributed by atoms with Crippen molar-refractivity contribution in [2.45, 2.75) is 33.2 Å². The highest BCUT2D eigenvalue weighted by molar-refractivity contribution is 6.51. The maximum absolute atomic E-state index is 13.2. The second kappa shape index (κ2) is 8.23. The monoisotopic (exact) mass is 411 g/mol. The van der Waals surface area contributed by atoms with E-state index in [0.717, 1.165) is 28.7 Å². The molecule has 1 unspecified atom stereocenters. The number of aliphatic hydroxyl groups is 1. The molecule has 4 heteroatoms. The Bertz CT molecular complexity index is 1180. The summed E-state index contributed by atoms with van der Waals surface area (Å²) in [4.78, 5) is 27.8. The van der Waals surface area contributed by atoms with Crippen molar-refractivity contribution in [3.05, 3.63) is 106 Å². The SMILES string of the molecule is CCc1ccc(N2C(=O)C(=O)/C(=C(\O)c3ccc(C)c(C)c3)C2c2ccccc2)cc1. The van der Waals surface area contributed by atoms with Gasteiger partial charge in [-0.05, 0) is 60.7 Å². The first-order chi connectivity index (χ1) is 14.9. The lowest BCUT2D eigenvalue weighted by atomic mass is 9.94. The van der Waals surface area contributed by atoms with Crippen molar-refractivity contribution in [3.63, 3.8) is 0 Å². The summed E-state index contributed by atoms with van der Waals surface area (Å²) in [6.45, 7) is 6.01. The maximum Gasteiger partial charge on any atom is 0.300 e. The van der Waals surface area contributed by atoms with E-state index in [-0.39, 0.29) is 11.3 Å². The highest BCUT2D eigenvalue weighted by atomic mass is 16.3. The smallest absolute Gasteiger partial charge is 0.300 e. The van der Waals surface area contributed by atoms with Crippen LogP contribution in [0, 0.1) is 13.8 Å². The van der Waals surface area contributed by atoms with Gasteiger partial charge in [0.05, 0.1) is 11.6 Å². The Balaban J connectivity index is 1.92. The van der Waals surface area contributed by atoms with Crippen LogP contribution in [0.2, 0.25) is 0 Å². The number of benzene rings is 3. The van der Waals surface area contributed by atoms with Gasteiger partial charge in [0, 0.05) is 11.3 Å². The standard InChI is InChI=1S/C27H25NO3/c1-4-19-11-14-22(15-12-19)28-24(20-8-6-5-7-9-20)23(26(30)27(28)31)25(29)21-13-10-17(2)18(3)16-21/h5-16,24,29H,4H2,1-3H3/b25-23-. The van der Waals surface area contributed by atoms with Crippen LogP contribution in [0.5, 0.6) is 0 Å². The molecule has 1 heterocycles. The number of hydrogen-bond donors (Lipinski definition) is 1. The second-order valence-electron chi connectivity index (χ2n) is 7.90. The molecule has 1 aliphatic heterocycles. The molecule has 0 spiro atoms. The van der Waals surface area contributed by atoms with Gasteiger partial charge in [-0.1, -0.05) is 61.5 Å². The van der Waals surface area contributed by atoms with Crippen LogP contribution in [0.25, 0.3) is 5.76 Å². The highest BCUT2D eigenvalue weighted by Crippen LogP contribution is 2.42. The quantitative estimate of drug-likeness (QED) is 0.351. The van der Waals surface area contributed by atoms with Gasteiger partial charge < -0.3 is 5.11 Å². The predicted molar refractivity (Wildman–Crippen MR) is 123 cm³/mol. The normalized spacial score (nSPS) is 17.9. The van der Waals surface area contributed by atoms with E-state index in [9.17, 15) is 14.7 Å². The zero-order valence-electron chi connectivity index (χ0n) is 17.9. The molecule has 0 bridgehead atoms. The van der Waals surface area contributed by atoms with Crippen LogP contribution >= 0.6 is 0 Å². The first-order valence-electron chi connectivity index (χ1n) is 10.4. The number of rotatable bonds is 4. The molecule has 4 nitrogen and oxygen atoms in total. The minimum Gasteiger partial charge on any atom is -0.507 e. The number of nitrogens with zero attached hydrogens (tertiary/aromatic N) is 1. The Morgan fingerprint density at radius 1 is 0.903 bits per heavy atom. The largest absolute Gasteiger partial charge is 0.507 e. The molecule has 3 aromatic rings. The molecule has 31 heavy (non-hydrogen) atoms. The van der Waals surface area contributed by atoms with Gasteiger partial charge in [0.2, 0.25) is 0 Å². The van der Waals surface area contributed by atoms with Gasteiger partial charge >= 0.3 is 0 Å². The fourth-order valence-electron chi connectivity index (χ4n) is 3.99. The summed E-state index contributed by atoms with van der Waals surface area (Å²) in [5, 5.41) is 11.2. The number of carbonyl (C=O) groups is 2. The molecule has 3 aromatic carbocycles. The third-order valence-electron chi connectivity index (χ3n) is 5.96. The lowest BCUT2D eigenvalue weighted by Crippen LogP contribution is -2.29. The number of anilines is 1. The summed E-state index contributed by atoms with van der Waals surface area (Å²) >= 11 is 0. The molecule has 0 aliphatic carbocycles. The summed E-state index contributed by atoms with van der Waals surface area (Å²) in [7, 11) is 0. The van der Waals surface area contributed by atoms with Crippen molar-refractivity contribution >= 4 is 23.1 Å². The van der Waals surface area contributed by atoms with Crippen molar-refractivity contribution in [1.82, 2.24) is 0 Å². The summed E-state index contributed by atoms with van der Waals surface area (Å²) in [6, 6.07) is 21.8. The molecule has 1 N–H and O–H groups in total. The second-order valence-corrected chi connectivity index (χ2v) is 7.90. The Morgan fingerprint density at radius 2 is 1.58 bits per heavy atom. The van der Waals surface area contributed by atoms with Gasteiger partial charge in [0.25, 0.3) is 11.7 Å². The number of Topliss-reactive ketones (excluding diaryl/α,β-unsaturated/α-hetero) is 1. The molecule has 0 aromatic heterocycles. The number of carbonyl (C=O) groups excluding carboxylic acids is 2. The zero-order valence-corrected chi connectivity index (χ0v) is 17.9. The van der Waals surface area contributed by atoms with Crippen LogP contribution < -0.4 is 4.90 Å². The molecule has 156 valence electrons. The Labute approximate surface area is 182 Å². The summed E-state index contributed by atoms with van der Waals surface area (Å²) in [6.07, 6.45) is 0.883. The van der Waals surface area contributed by atoms with E-state index < -0.39 is 17.7 Å². The third-order valence-corrected chi connectivity index (χ3v) is 5.96. The van der Waals surface area contributed by atoms with Gasteiger partial charge in [-0.15, -0.1) is 0 Å². The predicted octanol–water partition coefficient (Wildman–Crippen LogP) is 5.49. The van der Waals surface area contributed by atoms with Crippen LogP contribution in [0.15, 0.2) is 78.4 Å². The zero-order chi connectivity index (χ0) is 22.1. The van der Waals surface area contributed by atoms with Crippen LogP contribution in [0.1, 0.15) is 40.8 Å². The van der Waals surface area contributed by atoms with Crippen molar-refractivity contribution in [3.8, 4) is 0 Å². The molecule has 0 radical (unpaired) electrons. The number of aryl methyl sites for hydroxylation is 3. The van der Waals surface area contributed by atoms with Crippen LogP contribution in [0.4, 0.5) is 5.69 Å². The Kier molecular flexibility index (Phi) is 5.47. The molecule has 4 rings (SSSR count). The molecule has 1 fully saturated rings. The van der Waals surface area contributed by atoms with Gasteiger partial charge in [0.1, 0.15) is 5.76 Å². The van der Waals surface area contributed by atoms with E-state index in [1.54, 1.807) is 6.07 Å². The molecule has 1 aliphatic rings. The summed E-state index contributed by atoms with van der Waals surface area (Å²) < 4.78 is 0. The fourth-order valence-corrected chi connectivity index (χ4v) is 3.99. The molecular weight excluding hydrogens is 386 g/mol. The molecule has 1 atom stereocenters. The highest BCUT2D eigenvalue weighted by Gasteiger charge is 2.46. The number of hydrogen-bond acceptors (Lipinski definition) is 3. The van der Waals surface area contributed by atoms with E-state index in [0.29, 0.717) is 11.3 Å². The van der Waals surface area contributed by atoms with Crippen molar-refractivity contribution in [2.75, 3.05) is 4.90 Å².